The molecule has 0 radical (unpaired) electrons. The Morgan fingerprint density at radius 1 is 1.24 bits per heavy atom. The second-order valence-corrected chi connectivity index (χ2v) is 6.87. The van der Waals surface area contributed by atoms with E-state index in [2.05, 4.69) is 9.80 Å². The molecule has 1 aromatic rings. The van der Waals surface area contributed by atoms with Crippen LogP contribution in [0.4, 0.5) is 5.69 Å². The molecule has 0 spiro atoms. The van der Waals surface area contributed by atoms with Gasteiger partial charge in [-0.3, -0.25) is 4.90 Å². The van der Waals surface area contributed by atoms with Crippen LogP contribution in [0.2, 0.25) is 5.02 Å². The maximum Gasteiger partial charge on any atom is 0.0762 e. The number of benzene rings is 1. The molecule has 1 aliphatic rings. The van der Waals surface area contributed by atoms with Crippen molar-refractivity contribution in [3.63, 3.8) is 0 Å². The fourth-order valence-corrected chi connectivity index (χ4v) is 3.04. The summed E-state index contributed by atoms with van der Waals surface area (Å²) in [6.45, 7) is 9.72. The summed E-state index contributed by atoms with van der Waals surface area (Å²) in [6.07, 6.45) is -0.500. The summed E-state index contributed by atoms with van der Waals surface area (Å²) in [5.41, 5.74) is 1.20. The van der Waals surface area contributed by atoms with Gasteiger partial charge in [0.25, 0.3) is 0 Å². The predicted molar refractivity (Wildman–Crippen MR) is 87.0 cm³/mol. The van der Waals surface area contributed by atoms with Crippen molar-refractivity contribution in [2.45, 2.75) is 32.5 Å². The monoisotopic (exact) mass is 312 g/mol. The Hall–Kier alpha value is -0.810. The van der Waals surface area contributed by atoms with Crippen molar-refractivity contribution in [3.05, 3.63) is 28.8 Å². The van der Waals surface area contributed by atoms with Crippen LogP contribution in [0.1, 0.15) is 32.4 Å². The van der Waals surface area contributed by atoms with Crippen molar-refractivity contribution in [1.82, 2.24) is 4.90 Å². The Kier molecular flexibility index (Phi) is 5.15. The minimum Gasteiger partial charge on any atom is -0.389 e. The Bertz CT molecular complexity index is 478. The molecule has 1 saturated heterocycles. The molecule has 118 valence electrons. The molecule has 5 heteroatoms. The van der Waals surface area contributed by atoms with Crippen molar-refractivity contribution >= 4 is 17.3 Å². The smallest absolute Gasteiger partial charge is 0.0762 e. The lowest BCUT2D eigenvalue weighted by atomic mass is 10.1. The highest BCUT2D eigenvalue weighted by atomic mass is 35.5. The zero-order valence-electron chi connectivity index (χ0n) is 13.0. The van der Waals surface area contributed by atoms with E-state index in [9.17, 15) is 10.2 Å². The largest absolute Gasteiger partial charge is 0.389 e. The van der Waals surface area contributed by atoms with Crippen LogP contribution in [0.3, 0.4) is 0 Å². The fourth-order valence-electron chi connectivity index (χ4n) is 2.73. The maximum atomic E-state index is 9.88. The van der Waals surface area contributed by atoms with Crippen LogP contribution in [-0.2, 0) is 0 Å². The summed E-state index contributed by atoms with van der Waals surface area (Å²) in [6, 6.07) is 5.75. The molecule has 0 aliphatic carbocycles. The summed E-state index contributed by atoms with van der Waals surface area (Å²) in [5.74, 6) is 0. The number of nitrogens with zero attached hydrogens (tertiary/aromatic N) is 2. The average Bonchev–Trinajstić information content (AvgIpc) is 2.38. The SMILES string of the molecule is CC(O)c1ccc(N2CCN(CC(C)(C)O)CC2)c(Cl)c1. The quantitative estimate of drug-likeness (QED) is 0.895. The third-order valence-electron chi connectivity index (χ3n) is 3.78. The van der Waals surface area contributed by atoms with E-state index in [1.165, 1.54) is 0 Å². The topological polar surface area (TPSA) is 46.9 Å². The van der Waals surface area contributed by atoms with Crippen molar-refractivity contribution in [2.24, 2.45) is 0 Å². The van der Waals surface area contributed by atoms with E-state index in [0.717, 1.165) is 37.4 Å². The zero-order valence-corrected chi connectivity index (χ0v) is 13.8. The van der Waals surface area contributed by atoms with E-state index < -0.39 is 11.7 Å². The van der Waals surface area contributed by atoms with Gasteiger partial charge in [0.05, 0.1) is 22.4 Å². The number of aliphatic hydroxyl groups excluding tert-OH is 1. The standard InChI is InChI=1S/C16H25ClN2O2/c1-12(20)13-4-5-15(14(17)10-13)19-8-6-18(7-9-19)11-16(2,3)21/h4-5,10,12,20-21H,6-9,11H2,1-3H3. The van der Waals surface area contributed by atoms with E-state index in [1.54, 1.807) is 6.92 Å². The molecule has 0 amide bonds. The number of hydrogen-bond acceptors (Lipinski definition) is 4. The first-order chi connectivity index (χ1) is 9.76. The minimum atomic E-state index is -0.654. The molecule has 1 atom stereocenters. The summed E-state index contributed by atoms with van der Waals surface area (Å²) >= 11 is 6.34. The Morgan fingerprint density at radius 2 is 1.86 bits per heavy atom. The van der Waals surface area contributed by atoms with Gasteiger partial charge in [-0.15, -0.1) is 0 Å². The van der Waals surface area contributed by atoms with E-state index >= 15 is 0 Å². The molecule has 2 N–H and O–H groups in total. The molecule has 0 saturated carbocycles. The van der Waals surface area contributed by atoms with Gasteiger partial charge in [-0.05, 0) is 38.5 Å². The molecule has 1 fully saturated rings. The van der Waals surface area contributed by atoms with Crippen LogP contribution < -0.4 is 4.90 Å². The average molecular weight is 313 g/mol. The number of anilines is 1. The van der Waals surface area contributed by atoms with Gasteiger partial charge in [-0.1, -0.05) is 17.7 Å². The lowest BCUT2D eigenvalue weighted by molar-refractivity contribution is 0.0345. The first kappa shape index (κ1) is 16.6. The van der Waals surface area contributed by atoms with Gasteiger partial charge in [0, 0.05) is 32.7 Å². The molecular weight excluding hydrogens is 288 g/mol. The van der Waals surface area contributed by atoms with E-state index in [-0.39, 0.29) is 0 Å². The number of aliphatic hydroxyl groups is 2. The summed E-state index contributed by atoms with van der Waals surface area (Å²) < 4.78 is 0. The highest BCUT2D eigenvalue weighted by Gasteiger charge is 2.23. The number of β-amino-alcohol motifs (C(OH)–C–C–N with tert-alkyl or cyclic N) is 1. The number of piperazine rings is 1. The Labute approximate surface area is 131 Å². The van der Waals surface area contributed by atoms with E-state index in [0.29, 0.717) is 11.6 Å². The molecule has 4 nitrogen and oxygen atoms in total. The minimum absolute atomic E-state index is 0.500. The molecular formula is C16H25ClN2O2. The highest BCUT2D eigenvalue weighted by molar-refractivity contribution is 6.33. The first-order valence-electron chi connectivity index (χ1n) is 7.43. The lowest BCUT2D eigenvalue weighted by Gasteiger charge is -2.38. The number of rotatable bonds is 4. The molecule has 0 bridgehead atoms. The molecule has 0 aromatic heterocycles. The summed E-state index contributed by atoms with van der Waals surface area (Å²) in [4.78, 5) is 4.53. The van der Waals surface area contributed by atoms with Crippen LogP contribution in [-0.4, -0.2) is 53.4 Å². The van der Waals surface area contributed by atoms with E-state index in [4.69, 9.17) is 11.6 Å². The summed E-state index contributed by atoms with van der Waals surface area (Å²) in [5, 5.41) is 20.2. The lowest BCUT2D eigenvalue weighted by Crippen LogP contribution is -2.50. The Morgan fingerprint density at radius 3 is 2.33 bits per heavy atom. The van der Waals surface area contributed by atoms with Gasteiger partial charge in [0.2, 0.25) is 0 Å². The zero-order chi connectivity index (χ0) is 15.6. The fraction of sp³-hybridized carbons (Fsp3) is 0.625. The molecule has 1 aromatic carbocycles. The van der Waals surface area contributed by atoms with Gasteiger partial charge in [0.15, 0.2) is 0 Å². The van der Waals surface area contributed by atoms with Crippen molar-refractivity contribution in [2.75, 3.05) is 37.6 Å². The summed E-state index contributed by atoms with van der Waals surface area (Å²) in [7, 11) is 0. The number of halogens is 1. The molecule has 1 heterocycles. The van der Waals surface area contributed by atoms with Gasteiger partial charge >= 0.3 is 0 Å². The second-order valence-electron chi connectivity index (χ2n) is 6.46. The van der Waals surface area contributed by atoms with Gasteiger partial charge in [-0.25, -0.2) is 0 Å². The highest BCUT2D eigenvalue weighted by Crippen LogP contribution is 2.29. The van der Waals surface area contributed by atoms with Crippen LogP contribution in [0, 0.1) is 0 Å². The molecule has 1 aliphatic heterocycles. The van der Waals surface area contributed by atoms with Crippen LogP contribution in [0.25, 0.3) is 0 Å². The van der Waals surface area contributed by atoms with Crippen molar-refractivity contribution < 1.29 is 10.2 Å². The van der Waals surface area contributed by atoms with Crippen molar-refractivity contribution in [3.8, 4) is 0 Å². The normalized spacial score (nSPS) is 18.9. The molecule has 21 heavy (non-hydrogen) atoms. The van der Waals surface area contributed by atoms with Crippen LogP contribution >= 0.6 is 11.6 Å². The second kappa shape index (κ2) is 6.53. The number of hydrogen-bond donors (Lipinski definition) is 2. The Balaban J connectivity index is 1.99. The van der Waals surface area contributed by atoms with Crippen LogP contribution in [0.15, 0.2) is 18.2 Å². The molecule has 1 unspecified atom stereocenters. The molecule has 2 rings (SSSR count). The predicted octanol–water partition coefficient (Wildman–Crippen LogP) is 2.29. The first-order valence-corrected chi connectivity index (χ1v) is 7.81. The van der Waals surface area contributed by atoms with E-state index in [1.807, 2.05) is 32.0 Å². The van der Waals surface area contributed by atoms with Crippen LogP contribution in [0.5, 0.6) is 0 Å². The third-order valence-corrected chi connectivity index (χ3v) is 4.08. The van der Waals surface area contributed by atoms with Gasteiger partial charge < -0.3 is 15.1 Å². The maximum absolute atomic E-state index is 9.88. The van der Waals surface area contributed by atoms with Gasteiger partial charge in [0.1, 0.15) is 0 Å². The van der Waals surface area contributed by atoms with Crippen molar-refractivity contribution in [1.29, 1.82) is 0 Å². The third kappa shape index (κ3) is 4.58. The van der Waals surface area contributed by atoms with Gasteiger partial charge in [-0.2, -0.15) is 0 Å².